The van der Waals surface area contributed by atoms with Crippen LogP contribution in [0, 0.1) is 5.92 Å². The molecule has 0 fully saturated rings. The second-order valence-electron chi connectivity index (χ2n) is 5.02. The van der Waals surface area contributed by atoms with Crippen LogP contribution in [-0.4, -0.2) is 24.8 Å². The van der Waals surface area contributed by atoms with Crippen molar-refractivity contribution in [3.63, 3.8) is 0 Å². The molecule has 0 saturated heterocycles. The molecule has 0 aliphatic carbocycles. The second-order valence-corrected chi connectivity index (χ2v) is 5.02. The zero-order valence-corrected chi connectivity index (χ0v) is 11.8. The number of hydrogen-bond donors (Lipinski definition) is 2. The summed E-state index contributed by atoms with van der Waals surface area (Å²) in [5.41, 5.74) is 1.43. The van der Waals surface area contributed by atoms with E-state index in [0.29, 0.717) is 18.0 Å². The van der Waals surface area contributed by atoms with Gasteiger partial charge in [-0.3, -0.25) is 9.59 Å². The molecule has 104 valence electrons. The molecule has 0 unspecified atom stereocenters. The SMILES string of the molecule is CC(=O)c1cccc(NCC(=O)NCCC(C)C)c1. The Kier molecular flexibility index (Phi) is 6.06. The Labute approximate surface area is 114 Å². The van der Waals surface area contributed by atoms with E-state index < -0.39 is 0 Å². The van der Waals surface area contributed by atoms with Gasteiger partial charge in [0.1, 0.15) is 0 Å². The van der Waals surface area contributed by atoms with E-state index in [2.05, 4.69) is 24.5 Å². The van der Waals surface area contributed by atoms with Crippen LogP contribution in [0.15, 0.2) is 24.3 Å². The first-order valence-electron chi connectivity index (χ1n) is 6.60. The summed E-state index contributed by atoms with van der Waals surface area (Å²) in [5.74, 6) is 0.569. The third-order valence-electron chi connectivity index (χ3n) is 2.77. The van der Waals surface area contributed by atoms with E-state index in [1.165, 1.54) is 6.92 Å². The molecule has 1 rings (SSSR count). The van der Waals surface area contributed by atoms with Gasteiger partial charge in [0.15, 0.2) is 5.78 Å². The van der Waals surface area contributed by atoms with Crippen molar-refractivity contribution in [2.45, 2.75) is 27.2 Å². The maximum atomic E-state index is 11.6. The average molecular weight is 262 g/mol. The molecule has 0 heterocycles. The summed E-state index contributed by atoms with van der Waals surface area (Å²) in [6.07, 6.45) is 0.978. The largest absolute Gasteiger partial charge is 0.376 e. The van der Waals surface area contributed by atoms with Crippen LogP contribution in [0.5, 0.6) is 0 Å². The van der Waals surface area contributed by atoms with Crippen LogP contribution < -0.4 is 10.6 Å². The first-order valence-corrected chi connectivity index (χ1v) is 6.60. The van der Waals surface area contributed by atoms with E-state index in [0.717, 1.165) is 12.1 Å². The fourth-order valence-corrected chi connectivity index (χ4v) is 1.59. The molecule has 19 heavy (non-hydrogen) atoms. The predicted molar refractivity (Wildman–Crippen MR) is 77.4 cm³/mol. The first kappa shape index (κ1) is 15.2. The summed E-state index contributed by atoms with van der Waals surface area (Å²) < 4.78 is 0. The van der Waals surface area contributed by atoms with Gasteiger partial charge in [-0.15, -0.1) is 0 Å². The molecule has 0 aliphatic heterocycles. The minimum atomic E-state index is -0.0334. The van der Waals surface area contributed by atoms with Crippen molar-refractivity contribution in [2.75, 3.05) is 18.4 Å². The van der Waals surface area contributed by atoms with Gasteiger partial charge in [0.25, 0.3) is 0 Å². The Hall–Kier alpha value is -1.84. The maximum Gasteiger partial charge on any atom is 0.239 e. The van der Waals surface area contributed by atoms with E-state index in [9.17, 15) is 9.59 Å². The molecule has 0 atom stereocenters. The number of amides is 1. The fourth-order valence-electron chi connectivity index (χ4n) is 1.59. The normalized spacial score (nSPS) is 10.3. The number of carbonyl (C=O) groups excluding carboxylic acids is 2. The molecule has 1 amide bonds. The van der Waals surface area contributed by atoms with Gasteiger partial charge in [-0.2, -0.15) is 0 Å². The summed E-state index contributed by atoms with van der Waals surface area (Å²) in [6, 6.07) is 7.16. The van der Waals surface area contributed by atoms with Crippen LogP contribution in [0.25, 0.3) is 0 Å². The van der Waals surface area contributed by atoms with Crippen molar-refractivity contribution in [3.8, 4) is 0 Å². The van der Waals surface area contributed by atoms with Crippen LogP contribution in [-0.2, 0) is 4.79 Å². The number of anilines is 1. The van der Waals surface area contributed by atoms with Crippen LogP contribution in [0.2, 0.25) is 0 Å². The van der Waals surface area contributed by atoms with Crippen LogP contribution in [0.4, 0.5) is 5.69 Å². The summed E-state index contributed by atoms with van der Waals surface area (Å²) >= 11 is 0. The van der Waals surface area contributed by atoms with Gasteiger partial charge in [-0.1, -0.05) is 26.0 Å². The lowest BCUT2D eigenvalue weighted by Gasteiger charge is -2.09. The van der Waals surface area contributed by atoms with Gasteiger partial charge < -0.3 is 10.6 Å². The second kappa shape index (κ2) is 7.56. The number of carbonyl (C=O) groups is 2. The molecular weight excluding hydrogens is 240 g/mol. The Morgan fingerprint density at radius 1 is 1.26 bits per heavy atom. The average Bonchev–Trinajstić information content (AvgIpc) is 2.36. The molecule has 0 spiro atoms. The van der Waals surface area contributed by atoms with Gasteiger partial charge >= 0.3 is 0 Å². The highest BCUT2D eigenvalue weighted by Crippen LogP contribution is 2.10. The Morgan fingerprint density at radius 2 is 2.00 bits per heavy atom. The maximum absolute atomic E-state index is 11.6. The van der Waals surface area contributed by atoms with Crippen molar-refractivity contribution in [1.29, 1.82) is 0 Å². The van der Waals surface area contributed by atoms with E-state index in [-0.39, 0.29) is 18.2 Å². The number of Topliss-reactive ketones (excluding diaryl/α,β-unsaturated/α-hetero) is 1. The van der Waals surface area contributed by atoms with E-state index in [1.54, 1.807) is 18.2 Å². The lowest BCUT2D eigenvalue weighted by Crippen LogP contribution is -2.31. The highest BCUT2D eigenvalue weighted by Gasteiger charge is 2.03. The summed E-state index contributed by atoms with van der Waals surface area (Å²) in [4.78, 5) is 22.8. The quantitative estimate of drug-likeness (QED) is 0.742. The standard InChI is InChI=1S/C15H22N2O2/c1-11(2)7-8-16-15(19)10-17-14-6-4-5-13(9-14)12(3)18/h4-6,9,11,17H,7-8,10H2,1-3H3,(H,16,19). The molecule has 2 N–H and O–H groups in total. The van der Waals surface area contributed by atoms with Gasteiger partial charge in [0, 0.05) is 17.8 Å². The van der Waals surface area contributed by atoms with Gasteiger partial charge in [0.05, 0.1) is 6.54 Å². The van der Waals surface area contributed by atoms with Gasteiger partial charge in [0.2, 0.25) is 5.91 Å². The van der Waals surface area contributed by atoms with Gasteiger partial charge in [-0.05, 0) is 31.4 Å². The van der Waals surface area contributed by atoms with Crippen molar-refractivity contribution >= 4 is 17.4 Å². The summed E-state index contributed by atoms with van der Waals surface area (Å²) in [6.45, 7) is 6.69. The monoisotopic (exact) mass is 262 g/mol. The topological polar surface area (TPSA) is 58.2 Å². The first-order chi connectivity index (χ1) is 8.99. The van der Waals surface area contributed by atoms with Crippen molar-refractivity contribution in [2.24, 2.45) is 5.92 Å². The Balaban J connectivity index is 2.37. The smallest absolute Gasteiger partial charge is 0.239 e. The van der Waals surface area contributed by atoms with Crippen LogP contribution in [0.3, 0.4) is 0 Å². The number of rotatable bonds is 7. The van der Waals surface area contributed by atoms with Crippen molar-refractivity contribution in [3.05, 3.63) is 29.8 Å². The summed E-state index contributed by atoms with van der Waals surface area (Å²) in [5, 5.41) is 5.87. The predicted octanol–water partition coefficient (Wildman–Crippen LogP) is 2.46. The highest BCUT2D eigenvalue weighted by molar-refractivity contribution is 5.95. The fraction of sp³-hybridized carbons (Fsp3) is 0.467. The molecule has 0 aromatic heterocycles. The van der Waals surface area contributed by atoms with Crippen LogP contribution in [0.1, 0.15) is 37.6 Å². The minimum absolute atomic E-state index is 0.0186. The molecule has 4 heteroatoms. The molecule has 4 nitrogen and oxygen atoms in total. The summed E-state index contributed by atoms with van der Waals surface area (Å²) in [7, 11) is 0. The van der Waals surface area contributed by atoms with Crippen molar-refractivity contribution in [1.82, 2.24) is 5.32 Å². The Bertz CT molecular complexity index is 442. The molecule has 1 aromatic rings. The van der Waals surface area contributed by atoms with Crippen LogP contribution >= 0.6 is 0 Å². The van der Waals surface area contributed by atoms with Gasteiger partial charge in [-0.25, -0.2) is 0 Å². The third kappa shape index (κ3) is 6.04. The third-order valence-corrected chi connectivity index (χ3v) is 2.77. The van der Waals surface area contributed by atoms with Crippen molar-refractivity contribution < 1.29 is 9.59 Å². The molecule has 0 saturated carbocycles. The number of nitrogens with one attached hydrogen (secondary N) is 2. The van der Waals surface area contributed by atoms with E-state index in [4.69, 9.17) is 0 Å². The number of ketones is 1. The number of benzene rings is 1. The molecule has 0 radical (unpaired) electrons. The van der Waals surface area contributed by atoms with E-state index >= 15 is 0 Å². The zero-order chi connectivity index (χ0) is 14.3. The highest BCUT2D eigenvalue weighted by atomic mass is 16.1. The van der Waals surface area contributed by atoms with E-state index in [1.807, 2.05) is 6.07 Å². The molecular formula is C15H22N2O2. The lowest BCUT2D eigenvalue weighted by molar-refractivity contribution is -0.119. The molecule has 0 aliphatic rings. The molecule has 0 bridgehead atoms. The lowest BCUT2D eigenvalue weighted by atomic mass is 10.1. The molecule has 1 aromatic carbocycles. The Morgan fingerprint density at radius 3 is 2.63 bits per heavy atom. The minimum Gasteiger partial charge on any atom is -0.376 e. The zero-order valence-electron chi connectivity index (χ0n) is 11.8. The number of hydrogen-bond acceptors (Lipinski definition) is 3.